The molecule has 0 saturated heterocycles. The molecule has 0 atom stereocenters. The van der Waals surface area contributed by atoms with Crippen molar-refractivity contribution in [2.45, 2.75) is 6.16 Å². The Morgan fingerprint density at radius 2 is 0.684 bits per heavy atom. The molecule has 0 nitrogen and oxygen atoms in total. The Balaban J connectivity index is 0.000000236. The number of halogens is 2. The van der Waals surface area contributed by atoms with Crippen LogP contribution in [0.3, 0.4) is 0 Å². The zero-order valence-corrected chi connectivity index (χ0v) is 27.0. The van der Waals surface area contributed by atoms with Crippen LogP contribution in [0.4, 0.5) is 0 Å². The first kappa shape index (κ1) is 29.0. The molecular formula is C34H36ClIP2. The molecule has 5 rings (SSSR count). The van der Waals surface area contributed by atoms with Crippen molar-refractivity contribution in [1.82, 2.24) is 0 Å². The van der Waals surface area contributed by atoms with E-state index < -0.39 is 10.2 Å². The second kappa shape index (κ2) is 11.6. The molecule has 0 aromatic heterocycles. The summed E-state index contributed by atoms with van der Waals surface area (Å²) < 4.78 is -1.38. The van der Waals surface area contributed by atoms with Crippen LogP contribution in [0.15, 0.2) is 152 Å². The van der Waals surface area contributed by atoms with Crippen molar-refractivity contribution in [2.24, 2.45) is 0 Å². The Bertz CT molecular complexity index is 1250. The third kappa shape index (κ3) is 6.40. The fourth-order valence-corrected chi connectivity index (χ4v) is 13.6. The van der Waals surface area contributed by atoms with Crippen LogP contribution < -0.4 is 21.2 Å². The van der Waals surface area contributed by atoms with E-state index in [0.717, 1.165) is 21.2 Å². The molecule has 0 N–H and O–H groups in total. The van der Waals surface area contributed by atoms with Crippen LogP contribution in [0.1, 0.15) is 5.56 Å². The molecule has 0 aliphatic carbocycles. The van der Waals surface area contributed by atoms with Crippen LogP contribution in [0.5, 0.6) is 0 Å². The second-order valence-electron chi connectivity index (χ2n) is 10.9. The summed E-state index contributed by atoms with van der Waals surface area (Å²) in [6, 6.07) is 52.9. The van der Waals surface area contributed by atoms with Crippen LogP contribution in [0, 0.1) is 0 Å². The van der Waals surface area contributed by atoms with Gasteiger partial charge in [0.2, 0.25) is 0 Å². The van der Waals surface area contributed by atoms with E-state index >= 15 is 0 Å². The third-order valence-electron chi connectivity index (χ3n) is 6.52. The SMILES string of the molecule is CP(C)(C)(I)Cc1ccccc1.ClP(c1ccccc1)(c1ccccc1)(c1ccccc1)c1ccccc1. The average Bonchev–Trinajstić information content (AvgIpc) is 2.94. The first-order valence-corrected chi connectivity index (χ1v) is 22.5. The summed E-state index contributed by atoms with van der Waals surface area (Å²) in [6.45, 7) is 7.21. The molecule has 4 heteroatoms. The molecule has 0 heterocycles. The quantitative estimate of drug-likeness (QED) is 0.125. The monoisotopic (exact) mass is 668 g/mol. The number of rotatable bonds is 6. The Morgan fingerprint density at radius 1 is 0.447 bits per heavy atom. The normalized spacial score (nSPS) is 13.6. The van der Waals surface area contributed by atoms with Gasteiger partial charge in [0.1, 0.15) is 0 Å². The van der Waals surface area contributed by atoms with Crippen molar-refractivity contribution in [2.75, 3.05) is 20.0 Å². The summed E-state index contributed by atoms with van der Waals surface area (Å²) >= 11 is 10.7. The predicted octanol–water partition coefficient (Wildman–Crippen LogP) is 8.97. The molecule has 0 spiro atoms. The van der Waals surface area contributed by atoms with Gasteiger partial charge in [-0.1, -0.05) is 0 Å². The number of hydrogen-bond acceptors (Lipinski definition) is 0. The van der Waals surface area contributed by atoms with E-state index in [0.29, 0.717) is 0 Å². The minimum absolute atomic E-state index is 1.16. The Morgan fingerprint density at radius 3 is 0.921 bits per heavy atom. The van der Waals surface area contributed by atoms with Gasteiger partial charge in [-0.15, -0.1) is 0 Å². The zero-order valence-electron chi connectivity index (χ0n) is 22.3. The summed E-state index contributed by atoms with van der Waals surface area (Å²) in [6.07, 6.45) is 1.24. The fraction of sp³-hybridized carbons (Fsp3) is 0.118. The van der Waals surface area contributed by atoms with Gasteiger partial charge in [-0.2, -0.15) is 0 Å². The minimum atomic E-state index is -3.34. The Hall–Kier alpha value is -2.02. The molecule has 0 bridgehead atoms. The summed E-state index contributed by atoms with van der Waals surface area (Å²) in [5.41, 5.74) is 1.47. The van der Waals surface area contributed by atoms with E-state index in [4.69, 9.17) is 11.2 Å². The molecule has 0 aliphatic rings. The molecule has 196 valence electrons. The van der Waals surface area contributed by atoms with Gasteiger partial charge in [-0.25, -0.2) is 0 Å². The van der Waals surface area contributed by atoms with E-state index in [9.17, 15) is 0 Å². The second-order valence-corrected chi connectivity index (χ2v) is 33.9. The van der Waals surface area contributed by atoms with Gasteiger partial charge in [-0.3, -0.25) is 0 Å². The van der Waals surface area contributed by atoms with Gasteiger partial charge in [0, 0.05) is 0 Å². The molecule has 5 aromatic carbocycles. The molecule has 0 fully saturated rings. The van der Waals surface area contributed by atoms with Gasteiger partial charge >= 0.3 is 248 Å². The maximum atomic E-state index is 8.03. The summed E-state index contributed by atoms with van der Waals surface area (Å²) in [4.78, 5) is 0. The van der Waals surface area contributed by atoms with Gasteiger partial charge < -0.3 is 0 Å². The summed E-state index contributed by atoms with van der Waals surface area (Å²) in [7, 11) is 0. The van der Waals surface area contributed by atoms with Crippen molar-refractivity contribution >= 4 is 64.7 Å². The van der Waals surface area contributed by atoms with Gasteiger partial charge in [0.15, 0.2) is 0 Å². The predicted molar refractivity (Wildman–Crippen MR) is 186 cm³/mol. The van der Waals surface area contributed by atoms with Crippen molar-refractivity contribution in [3.8, 4) is 0 Å². The van der Waals surface area contributed by atoms with Crippen LogP contribution in [-0.4, -0.2) is 20.0 Å². The van der Waals surface area contributed by atoms with Crippen LogP contribution in [0.2, 0.25) is 0 Å². The molecule has 0 aliphatic heterocycles. The Kier molecular flexibility index (Phi) is 8.85. The van der Waals surface area contributed by atoms with Crippen molar-refractivity contribution < 1.29 is 0 Å². The average molecular weight is 669 g/mol. The molecule has 0 unspecified atom stereocenters. The standard InChI is InChI=1S/C24H20ClP.C10H16IP/c25-26(21-13-5-1-6-14-21,22-15-7-2-8-16-22,23-17-9-3-10-18-23)24-19-11-4-12-20-24;1-12(2,3,11)9-10-7-5-4-6-8-10/h1-20H;4-8H,9H2,1-3H3. The molecule has 0 saturated carbocycles. The van der Waals surface area contributed by atoms with Crippen molar-refractivity contribution in [3.63, 3.8) is 0 Å². The first-order valence-electron chi connectivity index (χ1n) is 12.8. The van der Waals surface area contributed by atoms with E-state index in [1.807, 2.05) is 24.3 Å². The van der Waals surface area contributed by atoms with Crippen LogP contribution in [0.25, 0.3) is 0 Å². The number of hydrogen-bond donors (Lipinski definition) is 0. The summed E-state index contributed by atoms with van der Waals surface area (Å²) in [5.74, 6) is -3.34. The summed E-state index contributed by atoms with van der Waals surface area (Å²) in [5, 5.41) is 4.63. The number of benzene rings is 5. The van der Waals surface area contributed by atoms with E-state index in [-0.39, 0.29) is 0 Å². The topological polar surface area (TPSA) is 0 Å². The molecule has 5 aromatic rings. The first-order chi connectivity index (χ1) is 18.1. The van der Waals surface area contributed by atoms with E-state index in [2.05, 4.69) is 169 Å². The van der Waals surface area contributed by atoms with Crippen LogP contribution in [-0.2, 0) is 6.16 Å². The van der Waals surface area contributed by atoms with Crippen LogP contribution >= 0.6 is 43.5 Å². The van der Waals surface area contributed by atoms with Gasteiger partial charge in [0.25, 0.3) is 0 Å². The fourth-order valence-electron chi connectivity index (χ4n) is 4.93. The van der Waals surface area contributed by atoms with Gasteiger partial charge in [-0.05, 0) is 0 Å². The maximum absolute atomic E-state index is 8.03. The third-order valence-corrected chi connectivity index (χ3v) is 16.4. The molecule has 0 radical (unpaired) electrons. The van der Waals surface area contributed by atoms with E-state index in [1.54, 1.807) is 0 Å². The molecule has 0 amide bonds. The van der Waals surface area contributed by atoms with Crippen molar-refractivity contribution in [1.29, 1.82) is 0 Å². The van der Waals surface area contributed by atoms with Gasteiger partial charge in [0.05, 0.1) is 0 Å². The molecule has 38 heavy (non-hydrogen) atoms. The van der Waals surface area contributed by atoms with Crippen molar-refractivity contribution in [3.05, 3.63) is 157 Å². The molecular weight excluding hydrogens is 633 g/mol. The zero-order chi connectivity index (χ0) is 27.2. The Labute approximate surface area is 246 Å². The van der Waals surface area contributed by atoms with E-state index in [1.165, 1.54) is 11.7 Å².